The van der Waals surface area contributed by atoms with Crippen molar-refractivity contribution in [1.82, 2.24) is 19.5 Å². The van der Waals surface area contributed by atoms with Crippen molar-refractivity contribution in [3.63, 3.8) is 0 Å². The Labute approximate surface area is 178 Å². The minimum absolute atomic E-state index is 0.468. The topological polar surface area (TPSA) is 105 Å². The molecule has 0 radical (unpaired) electrons. The number of fused-ring (bicyclic) bond motifs is 3. The van der Waals surface area contributed by atoms with Crippen molar-refractivity contribution in [3.8, 4) is 0 Å². The van der Waals surface area contributed by atoms with Crippen molar-refractivity contribution < 1.29 is 14.9 Å². The fourth-order valence-electron chi connectivity index (χ4n) is 4.68. The van der Waals surface area contributed by atoms with Gasteiger partial charge in [-0.25, -0.2) is 15.0 Å². The van der Waals surface area contributed by atoms with Crippen LogP contribution in [0, 0.1) is 0 Å². The van der Waals surface area contributed by atoms with Gasteiger partial charge in [0.05, 0.1) is 11.6 Å². The van der Waals surface area contributed by atoms with E-state index in [1.807, 2.05) is 12.3 Å². The molecule has 1 saturated heterocycles. The quantitative estimate of drug-likeness (QED) is 0.467. The van der Waals surface area contributed by atoms with Gasteiger partial charge in [0.2, 0.25) is 0 Å². The molecule has 0 bridgehead atoms. The van der Waals surface area contributed by atoms with E-state index in [4.69, 9.17) is 9.72 Å². The lowest BCUT2D eigenvalue weighted by molar-refractivity contribution is -0.0364. The second-order valence-corrected chi connectivity index (χ2v) is 8.31. The number of anilines is 1. The van der Waals surface area contributed by atoms with E-state index < -0.39 is 24.5 Å². The molecule has 0 spiro atoms. The average molecular weight is 417 g/mol. The first-order valence-electron chi connectivity index (χ1n) is 10.6. The number of aliphatic hydroxyl groups is 2. The van der Waals surface area contributed by atoms with Crippen LogP contribution in [0.5, 0.6) is 0 Å². The second kappa shape index (κ2) is 7.26. The van der Waals surface area contributed by atoms with Crippen LogP contribution >= 0.6 is 0 Å². The van der Waals surface area contributed by atoms with Crippen LogP contribution in [0.15, 0.2) is 49.1 Å². The molecule has 0 aliphatic carbocycles. The van der Waals surface area contributed by atoms with Gasteiger partial charge in [0.15, 0.2) is 6.23 Å². The highest BCUT2D eigenvalue weighted by Crippen LogP contribution is 2.34. The number of aromatic nitrogens is 4. The number of pyridine rings is 1. The first kappa shape index (κ1) is 18.7. The molecule has 1 fully saturated rings. The van der Waals surface area contributed by atoms with Crippen LogP contribution in [0.2, 0.25) is 0 Å². The molecule has 2 aliphatic heterocycles. The number of hydrogen-bond acceptors (Lipinski definition) is 7. The largest absolute Gasteiger partial charge is 0.388 e. The molecule has 1 aromatic carbocycles. The van der Waals surface area contributed by atoms with E-state index in [9.17, 15) is 10.2 Å². The molecule has 5 heterocycles. The van der Waals surface area contributed by atoms with Crippen LogP contribution < -0.4 is 5.32 Å². The maximum absolute atomic E-state index is 10.6. The lowest BCUT2D eigenvalue weighted by atomic mass is 10.0. The first-order chi connectivity index (χ1) is 15.2. The molecule has 8 nitrogen and oxygen atoms in total. The standard InChI is InChI=1S/C23H23N5O3/c29-19-18(31-23(20(19)30)28-8-6-16-11-24-12-26-22(16)28)4-2-13-1-3-14-10-15-5-7-25-21(15)27-17(14)9-13/h1,3,6,8-12,18-20,23,29-30H,2,4-5,7H2,(H,25,27)/t18-,19-,20-,23-/m1/s1. The molecule has 4 atom stereocenters. The molecule has 31 heavy (non-hydrogen) atoms. The van der Waals surface area contributed by atoms with Gasteiger partial charge in [-0.05, 0) is 48.6 Å². The van der Waals surface area contributed by atoms with Crippen LogP contribution in [0.3, 0.4) is 0 Å². The SMILES string of the molecule is O[C@@H]1[C@H](O)[C@@H](CCc2ccc3cc4c(nc3c2)NCC4)O[C@H]1n1ccc2cncnc21. The number of ether oxygens (including phenoxy) is 1. The van der Waals surface area contributed by atoms with E-state index in [0.29, 0.717) is 12.1 Å². The lowest BCUT2D eigenvalue weighted by Crippen LogP contribution is -2.31. The Morgan fingerprint density at radius 1 is 1.13 bits per heavy atom. The van der Waals surface area contributed by atoms with Crippen molar-refractivity contribution in [2.75, 3.05) is 11.9 Å². The molecule has 2 aliphatic rings. The van der Waals surface area contributed by atoms with Crippen LogP contribution in [0.25, 0.3) is 21.9 Å². The van der Waals surface area contributed by atoms with Crippen molar-refractivity contribution in [1.29, 1.82) is 0 Å². The number of nitrogens with zero attached hydrogens (tertiary/aromatic N) is 4. The Morgan fingerprint density at radius 3 is 3.00 bits per heavy atom. The van der Waals surface area contributed by atoms with E-state index in [2.05, 4.69) is 39.6 Å². The highest BCUT2D eigenvalue weighted by Gasteiger charge is 2.43. The van der Waals surface area contributed by atoms with Crippen molar-refractivity contribution >= 4 is 27.8 Å². The van der Waals surface area contributed by atoms with E-state index in [-0.39, 0.29) is 0 Å². The number of nitrogens with one attached hydrogen (secondary N) is 1. The fourth-order valence-corrected chi connectivity index (χ4v) is 4.68. The smallest absolute Gasteiger partial charge is 0.164 e. The van der Waals surface area contributed by atoms with Crippen LogP contribution in [-0.2, 0) is 17.6 Å². The zero-order valence-corrected chi connectivity index (χ0v) is 16.8. The Hall–Kier alpha value is -3.07. The van der Waals surface area contributed by atoms with Crippen LogP contribution in [0.1, 0.15) is 23.8 Å². The summed E-state index contributed by atoms with van der Waals surface area (Å²) in [6.07, 6.45) is 4.18. The second-order valence-electron chi connectivity index (χ2n) is 8.31. The molecular weight excluding hydrogens is 394 g/mol. The summed E-state index contributed by atoms with van der Waals surface area (Å²) in [5.74, 6) is 0.980. The average Bonchev–Trinajstić information content (AvgIpc) is 3.49. The van der Waals surface area contributed by atoms with Gasteiger partial charge in [-0.15, -0.1) is 0 Å². The molecular formula is C23H23N5O3. The van der Waals surface area contributed by atoms with Gasteiger partial charge in [0.25, 0.3) is 0 Å². The fraction of sp³-hybridized carbons (Fsp3) is 0.348. The minimum Gasteiger partial charge on any atom is -0.388 e. The molecule has 0 unspecified atom stereocenters. The highest BCUT2D eigenvalue weighted by atomic mass is 16.6. The summed E-state index contributed by atoms with van der Waals surface area (Å²) in [6.45, 7) is 0.939. The Balaban J connectivity index is 1.20. The van der Waals surface area contributed by atoms with Crippen LogP contribution in [-0.4, -0.2) is 54.6 Å². The van der Waals surface area contributed by atoms with Crippen LogP contribution in [0.4, 0.5) is 5.82 Å². The zero-order valence-electron chi connectivity index (χ0n) is 16.8. The van der Waals surface area contributed by atoms with Gasteiger partial charge in [0, 0.05) is 29.7 Å². The summed E-state index contributed by atoms with van der Waals surface area (Å²) in [6, 6.07) is 10.4. The van der Waals surface area contributed by atoms with Gasteiger partial charge >= 0.3 is 0 Å². The maximum Gasteiger partial charge on any atom is 0.164 e. The predicted octanol–water partition coefficient (Wildman–Crippen LogP) is 2.20. The van der Waals surface area contributed by atoms with E-state index in [0.717, 1.165) is 47.1 Å². The third-order valence-electron chi connectivity index (χ3n) is 6.35. The Kier molecular flexibility index (Phi) is 4.38. The molecule has 0 saturated carbocycles. The van der Waals surface area contributed by atoms with E-state index >= 15 is 0 Å². The summed E-state index contributed by atoms with van der Waals surface area (Å²) in [4.78, 5) is 13.1. The first-order valence-corrected chi connectivity index (χ1v) is 10.6. The normalized spacial score (nSPS) is 25.2. The minimum atomic E-state index is -1.03. The number of aliphatic hydroxyl groups excluding tert-OH is 2. The third-order valence-corrected chi connectivity index (χ3v) is 6.35. The molecule has 8 heteroatoms. The Morgan fingerprint density at radius 2 is 2.06 bits per heavy atom. The zero-order chi connectivity index (χ0) is 20.9. The summed E-state index contributed by atoms with van der Waals surface area (Å²) >= 11 is 0. The van der Waals surface area contributed by atoms with Gasteiger partial charge in [0.1, 0.15) is 30.0 Å². The lowest BCUT2D eigenvalue weighted by Gasteiger charge is -2.17. The van der Waals surface area contributed by atoms with Crippen molar-refractivity contribution in [2.45, 2.75) is 43.8 Å². The highest BCUT2D eigenvalue weighted by molar-refractivity contribution is 5.83. The molecule has 6 rings (SSSR count). The predicted molar refractivity (Wildman–Crippen MR) is 116 cm³/mol. The van der Waals surface area contributed by atoms with E-state index in [1.54, 1.807) is 10.8 Å². The number of rotatable bonds is 4. The summed E-state index contributed by atoms with van der Waals surface area (Å²) in [5, 5.41) is 26.6. The van der Waals surface area contributed by atoms with Gasteiger partial charge < -0.3 is 24.8 Å². The third kappa shape index (κ3) is 3.15. The van der Waals surface area contributed by atoms with Gasteiger partial charge in [-0.1, -0.05) is 12.1 Å². The molecule has 3 N–H and O–H groups in total. The number of benzene rings is 1. The van der Waals surface area contributed by atoms with Crippen molar-refractivity contribution in [2.24, 2.45) is 0 Å². The number of aryl methyl sites for hydroxylation is 1. The molecule has 158 valence electrons. The molecule has 0 amide bonds. The number of hydrogen-bond donors (Lipinski definition) is 3. The maximum atomic E-state index is 10.6. The summed E-state index contributed by atoms with van der Waals surface area (Å²) < 4.78 is 7.85. The van der Waals surface area contributed by atoms with Gasteiger partial charge in [-0.3, -0.25) is 0 Å². The van der Waals surface area contributed by atoms with Gasteiger partial charge in [-0.2, -0.15) is 0 Å². The summed E-state index contributed by atoms with van der Waals surface area (Å²) in [7, 11) is 0. The summed E-state index contributed by atoms with van der Waals surface area (Å²) in [5.41, 5.74) is 4.04. The molecule has 4 aromatic rings. The monoisotopic (exact) mass is 417 g/mol. The molecule has 3 aromatic heterocycles. The van der Waals surface area contributed by atoms with E-state index in [1.165, 1.54) is 11.9 Å². The Bertz CT molecular complexity index is 1270. The van der Waals surface area contributed by atoms with Crippen molar-refractivity contribution in [3.05, 3.63) is 60.2 Å².